The molecule has 3 heterocycles. The van der Waals surface area contributed by atoms with E-state index in [4.69, 9.17) is 4.42 Å². The third-order valence-corrected chi connectivity index (χ3v) is 7.04. The summed E-state index contributed by atoms with van der Waals surface area (Å²) in [6.45, 7) is 0. The average Bonchev–Trinajstić information content (AvgIpc) is 3.43. The molecule has 5 aromatic rings. The number of hydrogen-bond acceptors (Lipinski definition) is 6. The third-order valence-electron chi connectivity index (χ3n) is 7.04. The van der Waals surface area contributed by atoms with E-state index in [1.54, 1.807) is 0 Å². The first-order valence-electron chi connectivity index (χ1n) is 11.7. The summed E-state index contributed by atoms with van der Waals surface area (Å²) < 4.78 is 49.4. The van der Waals surface area contributed by atoms with Crippen LogP contribution in [0.3, 0.4) is 0 Å². The highest BCUT2D eigenvalue weighted by molar-refractivity contribution is 5.89. The summed E-state index contributed by atoms with van der Waals surface area (Å²) in [5.74, 6) is -2.05. The lowest BCUT2D eigenvalue weighted by Crippen LogP contribution is -2.42. The fourth-order valence-corrected chi connectivity index (χ4v) is 5.27. The van der Waals surface area contributed by atoms with E-state index in [9.17, 15) is 37.5 Å². The first-order chi connectivity index (χ1) is 18.5. The third kappa shape index (κ3) is 3.60. The van der Waals surface area contributed by atoms with Crippen LogP contribution in [0, 0.1) is 0 Å². The number of hydrogen-bond donors (Lipinski definition) is 1. The largest absolute Gasteiger partial charge is 0.477 e. The van der Waals surface area contributed by atoms with Gasteiger partial charge in [0.15, 0.2) is 11.1 Å². The fourth-order valence-electron chi connectivity index (χ4n) is 5.27. The smallest absolute Gasteiger partial charge is 0.419 e. The van der Waals surface area contributed by atoms with Crippen LogP contribution >= 0.6 is 0 Å². The predicted molar refractivity (Wildman–Crippen MR) is 131 cm³/mol. The Labute approximate surface area is 214 Å². The number of carboxylic acid groups (broad SMARTS) is 1. The summed E-state index contributed by atoms with van der Waals surface area (Å²) in [5, 5.41) is 9.45. The second kappa shape index (κ2) is 8.28. The van der Waals surface area contributed by atoms with Crippen LogP contribution in [-0.2, 0) is 19.6 Å². The number of aromatic carboxylic acids is 1. The normalized spacial score (nSPS) is 15.2. The number of pyridine rings is 1. The Morgan fingerprint density at radius 2 is 1.82 bits per heavy atom. The number of oxazole rings is 1. The zero-order valence-corrected chi connectivity index (χ0v) is 20.0. The number of aryl methyl sites for hydroxylation is 1. The Morgan fingerprint density at radius 1 is 1.08 bits per heavy atom. The molecule has 0 spiro atoms. The minimum absolute atomic E-state index is 0.00678. The molecule has 1 aliphatic rings. The molecule has 0 saturated carbocycles. The summed E-state index contributed by atoms with van der Waals surface area (Å²) in [6.07, 6.45) is -4.61. The zero-order valence-electron chi connectivity index (χ0n) is 20.0. The fraction of sp³-hybridized carbons (Fsp3) is 0.192. The van der Waals surface area contributed by atoms with Crippen molar-refractivity contribution in [3.8, 4) is 5.69 Å². The molecule has 6 rings (SSSR count). The Hall–Kier alpha value is -4.94. The number of fused-ring (bicyclic) bond motifs is 3. The number of aromatic nitrogens is 4. The molecule has 10 nitrogen and oxygen atoms in total. The Bertz CT molecular complexity index is 2030. The molecule has 0 amide bonds. The van der Waals surface area contributed by atoms with E-state index >= 15 is 0 Å². The summed E-state index contributed by atoms with van der Waals surface area (Å²) in [5.41, 5.74) is -2.55. The average molecular weight is 538 g/mol. The number of carbonyl (C=O) groups is 1. The lowest BCUT2D eigenvalue weighted by Gasteiger charge is -2.19. The van der Waals surface area contributed by atoms with Crippen LogP contribution in [0.15, 0.2) is 67.3 Å². The van der Waals surface area contributed by atoms with Crippen molar-refractivity contribution in [3.63, 3.8) is 0 Å². The van der Waals surface area contributed by atoms with Gasteiger partial charge in [-0.2, -0.15) is 13.2 Å². The molecule has 0 saturated heterocycles. The maximum atomic E-state index is 14.0. The Morgan fingerprint density at radius 3 is 2.54 bits per heavy atom. The minimum Gasteiger partial charge on any atom is -0.477 e. The number of carboxylic acids is 1. The molecular weight excluding hydrogens is 521 g/mol. The SMILES string of the molecule is Cn1c(=O)oc2cc(-n3c(=O)n(C4CCc5c4cccc5C(F)(F)F)c(=O)c4nc(C(=O)O)ccc43)ccc21. The molecule has 1 atom stereocenters. The van der Waals surface area contributed by atoms with Crippen molar-refractivity contribution in [1.29, 1.82) is 0 Å². The van der Waals surface area contributed by atoms with E-state index in [0.29, 0.717) is 5.52 Å². The summed E-state index contributed by atoms with van der Waals surface area (Å²) in [4.78, 5) is 55.2. The van der Waals surface area contributed by atoms with Crippen molar-refractivity contribution in [2.24, 2.45) is 7.05 Å². The van der Waals surface area contributed by atoms with Crippen LogP contribution in [0.5, 0.6) is 0 Å². The van der Waals surface area contributed by atoms with Gasteiger partial charge >= 0.3 is 23.6 Å². The number of nitrogens with zero attached hydrogens (tertiary/aromatic N) is 4. The van der Waals surface area contributed by atoms with Gasteiger partial charge in [-0.25, -0.2) is 19.4 Å². The Balaban J connectivity index is 1.68. The topological polar surface area (TPSA) is 129 Å². The number of rotatable bonds is 3. The van der Waals surface area contributed by atoms with Gasteiger partial charge in [-0.3, -0.25) is 18.5 Å². The van der Waals surface area contributed by atoms with Crippen LogP contribution in [-0.4, -0.2) is 29.8 Å². The molecule has 2 aromatic carbocycles. The highest BCUT2D eigenvalue weighted by atomic mass is 19.4. The highest BCUT2D eigenvalue weighted by Crippen LogP contribution is 2.41. The van der Waals surface area contributed by atoms with Gasteiger partial charge in [-0.15, -0.1) is 0 Å². The molecular formula is C26H17F3N4O6. The van der Waals surface area contributed by atoms with Crippen LogP contribution < -0.4 is 17.0 Å². The number of alkyl halides is 3. The van der Waals surface area contributed by atoms with E-state index < -0.39 is 46.4 Å². The molecule has 0 aliphatic heterocycles. The van der Waals surface area contributed by atoms with Gasteiger partial charge in [0.25, 0.3) is 5.56 Å². The lowest BCUT2D eigenvalue weighted by atomic mass is 10.0. The predicted octanol–water partition coefficient (Wildman–Crippen LogP) is 3.24. The Kier molecular flexibility index (Phi) is 5.18. The quantitative estimate of drug-likeness (QED) is 0.373. The van der Waals surface area contributed by atoms with Gasteiger partial charge in [0.1, 0.15) is 5.69 Å². The lowest BCUT2D eigenvalue weighted by molar-refractivity contribution is -0.138. The van der Waals surface area contributed by atoms with Gasteiger partial charge in [-0.05, 0) is 54.3 Å². The molecule has 3 aromatic heterocycles. The van der Waals surface area contributed by atoms with Crippen LogP contribution in [0.1, 0.15) is 39.6 Å². The molecule has 1 aliphatic carbocycles. The van der Waals surface area contributed by atoms with E-state index in [1.165, 1.54) is 48.0 Å². The zero-order chi connectivity index (χ0) is 27.8. The van der Waals surface area contributed by atoms with Gasteiger partial charge in [0.05, 0.1) is 28.3 Å². The van der Waals surface area contributed by atoms with Crippen LogP contribution in [0.2, 0.25) is 0 Å². The van der Waals surface area contributed by atoms with Crippen molar-refractivity contribution < 1.29 is 27.5 Å². The standard InChI is InChI=1S/C26H17F3N4O6/c1-31-18-8-5-12(11-20(18)39-25(31)38)32-19-10-7-16(23(35)36)30-21(19)22(34)33(24(32)37)17-9-6-13-14(17)3-2-4-15(13)26(27,28)29/h2-5,7-8,10-11,17H,6,9H2,1H3,(H,35,36). The van der Waals surface area contributed by atoms with Gasteiger partial charge in [-0.1, -0.05) is 12.1 Å². The van der Waals surface area contributed by atoms with Crippen molar-refractivity contribution >= 4 is 28.1 Å². The highest BCUT2D eigenvalue weighted by Gasteiger charge is 2.38. The molecule has 39 heavy (non-hydrogen) atoms. The molecule has 0 fully saturated rings. The van der Waals surface area contributed by atoms with Crippen molar-refractivity contribution in [2.75, 3.05) is 0 Å². The maximum absolute atomic E-state index is 14.0. The minimum atomic E-state index is -4.62. The van der Waals surface area contributed by atoms with Gasteiger partial charge in [0, 0.05) is 13.1 Å². The van der Waals surface area contributed by atoms with Crippen LogP contribution in [0.4, 0.5) is 13.2 Å². The monoisotopic (exact) mass is 538 g/mol. The maximum Gasteiger partial charge on any atom is 0.419 e. The molecule has 0 bridgehead atoms. The summed E-state index contributed by atoms with van der Waals surface area (Å²) in [7, 11) is 1.50. The summed E-state index contributed by atoms with van der Waals surface area (Å²) >= 11 is 0. The van der Waals surface area contributed by atoms with E-state index in [1.807, 2.05) is 0 Å². The number of halogens is 3. The second-order valence-corrected chi connectivity index (χ2v) is 9.17. The first-order valence-corrected chi connectivity index (χ1v) is 11.7. The first kappa shape index (κ1) is 24.4. The molecule has 13 heteroatoms. The van der Waals surface area contributed by atoms with E-state index in [2.05, 4.69) is 4.98 Å². The van der Waals surface area contributed by atoms with E-state index in [-0.39, 0.29) is 46.3 Å². The molecule has 1 N–H and O–H groups in total. The van der Waals surface area contributed by atoms with Crippen molar-refractivity contribution in [1.82, 2.24) is 18.7 Å². The summed E-state index contributed by atoms with van der Waals surface area (Å²) in [6, 6.07) is 9.39. The second-order valence-electron chi connectivity index (χ2n) is 9.17. The van der Waals surface area contributed by atoms with Gasteiger partial charge < -0.3 is 9.52 Å². The van der Waals surface area contributed by atoms with Crippen molar-refractivity contribution in [3.05, 3.63) is 102 Å². The van der Waals surface area contributed by atoms with Crippen LogP contribution in [0.25, 0.3) is 27.8 Å². The molecule has 198 valence electrons. The van der Waals surface area contributed by atoms with Gasteiger partial charge in [0.2, 0.25) is 0 Å². The number of benzene rings is 2. The van der Waals surface area contributed by atoms with E-state index in [0.717, 1.165) is 21.3 Å². The molecule has 0 radical (unpaired) electrons. The van der Waals surface area contributed by atoms with Crippen molar-refractivity contribution in [2.45, 2.75) is 25.1 Å². The molecule has 1 unspecified atom stereocenters.